The molecule has 128 valence electrons. The predicted molar refractivity (Wildman–Crippen MR) is 76.8 cm³/mol. The number of amides is 2. The van der Waals surface area contributed by atoms with E-state index >= 15 is 0 Å². The van der Waals surface area contributed by atoms with Crippen LogP contribution in [0, 0.1) is 0 Å². The maximum Gasteiger partial charge on any atom is 0.412 e. The molecule has 23 heavy (non-hydrogen) atoms. The van der Waals surface area contributed by atoms with Gasteiger partial charge in [-0.25, -0.2) is 4.79 Å². The molecule has 1 aromatic rings. The van der Waals surface area contributed by atoms with Crippen molar-refractivity contribution < 1.29 is 27.8 Å². The third-order valence-corrected chi connectivity index (χ3v) is 3.70. The number of morpholine rings is 1. The highest BCUT2D eigenvalue weighted by Crippen LogP contribution is 2.32. The highest BCUT2D eigenvalue weighted by atomic mass is 19.4. The lowest BCUT2D eigenvalue weighted by Gasteiger charge is -2.38. The van der Waals surface area contributed by atoms with Gasteiger partial charge in [-0.3, -0.25) is 0 Å². The van der Waals surface area contributed by atoms with Crippen molar-refractivity contribution in [2.45, 2.75) is 31.3 Å². The van der Waals surface area contributed by atoms with Gasteiger partial charge in [-0.2, -0.15) is 13.2 Å². The second kappa shape index (κ2) is 7.18. The molecule has 1 saturated heterocycles. The highest BCUT2D eigenvalue weighted by molar-refractivity contribution is 5.75. The van der Waals surface area contributed by atoms with Crippen molar-refractivity contribution in [3.63, 3.8) is 0 Å². The van der Waals surface area contributed by atoms with E-state index in [4.69, 9.17) is 9.84 Å². The number of halogens is 3. The summed E-state index contributed by atoms with van der Waals surface area (Å²) in [6.07, 6.45) is -5.19. The van der Waals surface area contributed by atoms with E-state index in [0.717, 1.165) is 0 Å². The lowest BCUT2D eigenvalue weighted by molar-refractivity contribution is -0.156. The first-order valence-corrected chi connectivity index (χ1v) is 7.24. The lowest BCUT2D eigenvalue weighted by Crippen LogP contribution is -2.56. The molecule has 0 spiro atoms. The van der Waals surface area contributed by atoms with E-state index in [9.17, 15) is 18.0 Å². The first-order chi connectivity index (χ1) is 10.8. The van der Waals surface area contributed by atoms with E-state index in [2.05, 4.69) is 0 Å². The van der Waals surface area contributed by atoms with Crippen LogP contribution in [0.5, 0.6) is 0 Å². The number of aliphatic hydroxyl groups is 1. The molecular formula is C15H19F3N2O3. The minimum atomic E-state index is -4.61. The van der Waals surface area contributed by atoms with Gasteiger partial charge in [0.1, 0.15) is 0 Å². The van der Waals surface area contributed by atoms with Crippen LogP contribution in [0.15, 0.2) is 30.3 Å². The summed E-state index contributed by atoms with van der Waals surface area (Å²) in [5.74, 6) is 0. The fourth-order valence-corrected chi connectivity index (χ4v) is 2.42. The van der Waals surface area contributed by atoms with E-state index < -0.39 is 24.4 Å². The standard InChI is InChI=1S/C15H19F3N2O3/c1-10-9-23-12(8-21)7-20(10)14(22)19-13(15(16,17)18)11-5-3-2-4-6-11/h2-6,10,12-13,21H,7-9H2,1H3,(H,19,22)/t10-,12-,13+/m1/s1. The first-order valence-electron chi connectivity index (χ1n) is 7.24. The van der Waals surface area contributed by atoms with Crippen molar-refractivity contribution in [1.82, 2.24) is 10.2 Å². The average molecular weight is 332 g/mol. The molecule has 5 nitrogen and oxygen atoms in total. The number of aliphatic hydroxyl groups excluding tert-OH is 1. The maximum absolute atomic E-state index is 13.3. The van der Waals surface area contributed by atoms with E-state index in [0.29, 0.717) is 0 Å². The van der Waals surface area contributed by atoms with Gasteiger partial charge in [0.2, 0.25) is 0 Å². The lowest BCUT2D eigenvalue weighted by atomic mass is 10.1. The van der Waals surface area contributed by atoms with Crippen LogP contribution in [-0.4, -0.2) is 54.1 Å². The van der Waals surface area contributed by atoms with Crippen LogP contribution in [-0.2, 0) is 4.74 Å². The Bertz CT molecular complexity index is 524. The van der Waals surface area contributed by atoms with Gasteiger partial charge in [-0.1, -0.05) is 30.3 Å². The number of urea groups is 1. The molecule has 2 amide bonds. The number of rotatable bonds is 3. The van der Waals surface area contributed by atoms with Gasteiger partial charge in [-0.05, 0) is 12.5 Å². The Kier molecular flexibility index (Phi) is 5.48. The summed E-state index contributed by atoms with van der Waals surface area (Å²) in [4.78, 5) is 13.5. The summed E-state index contributed by atoms with van der Waals surface area (Å²) in [6.45, 7) is 1.60. The molecule has 1 heterocycles. The van der Waals surface area contributed by atoms with Crippen molar-refractivity contribution in [3.05, 3.63) is 35.9 Å². The van der Waals surface area contributed by atoms with Gasteiger partial charge in [-0.15, -0.1) is 0 Å². The minimum Gasteiger partial charge on any atom is -0.394 e. The number of alkyl halides is 3. The number of ether oxygens (including phenoxy) is 1. The topological polar surface area (TPSA) is 61.8 Å². The Balaban J connectivity index is 2.14. The molecule has 3 atom stereocenters. The molecule has 0 radical (unpaired) electrons. The number of carbonyl (C=O) groups excluding carboxylic acids is 1. The molecular weight excluding hydrogens is 313 g/mol. The molecule has 2 N–H and O–H groups in total. The number of hydrogen-bond acceptors (Lipinski definition) is 3. The first kappa shape index (κ1) is 17.6. The fourth-order valence-electron chi connectivity index (χ4n) is 2.42. The quantitative estimate of drug-likeness (QED) is 0.891. The Morgan fingerprint density at radius 1 is 1.43 bits per heavy atom. The van der Waals surface area contributed by atoms with Crippen molar-refractivity contribution in [3.8, 4) is 0 Å². The normalized spacial score (nSPS) is 23.4. The third-order valence-electron chi connectivity index (χ3n) is 3.70. The second-order valence-corrected chi connectivity index (χ2v) is 5.47. The van der Waals surface area contributed by atoms with Crippen LogP contribution in [0.1, 0.15) is 18.5 Å². The average Bonchev–Trinajstić information content (AvgIpc) is 2.52. The second-order valence-electron chi connectivity index (χ2n) is 5.47. The SMILES string of the molecule is C[C@@H]1CO[C@@H](CO)CN1C(=O)N[C@@H](c1ccccc1)C(F)(F)F. The van der Waals surface area contributed by atoms with Crippen LogP contribution >= 0.6 is 0 Å². The summed E-state index contributed by atoms with van der Waals surface area (Å²) in [6, 6.07) is 3.93. The van der Waals surface area contributed by atoms with Crippen LogP contribution < -0.4 is 5.32 Å². The number of nitrogens with one attached hydrogen (secondary N) is 1. The van der Waals surface area contributed by atoms with Crippen molar-refractivity contribution in [2.24, 2.45) is 0 Å². The monoisotopic (exact) mass is 332 g/mol. The number of benzene rings is 1. The van der Waals surface area contributed by atoms with Gasteiger partial charge < -0.3 is 20.1 Å². The Morgan fingerprint density at radius 3 is 2.65 bits per heavy atom. The Labute approximate surface area is 132 Å². The molecule has 2 rings (SSSR count). The van der Waals surface area contributed by atoms with E-state index in [1.165, 1.54) is 29.2 Å². The van der Waals surface area contributed by atoms with Crippen LogP contribution in [0.3, 0.4) is 0 Å². The molecule has 0 aliphatic carbocycles. The van der Waals surface area contributed by atoms with Gasteiger partial charge in [0, 0.05) is 0 Å². The van der Waals surface area contributed by atoms with E-state index in [-0.39, 0.29) is 31.4 Å². The molecule has 0 unspecified atom stereocenters. The van der Waals surface area contributed by atoms with E-state index in [1.54, 1.807) is 13.0 Å². The highest BCUT2D eigenvalue weighted by Gasteiger charge is 2.43. The predicted octanol–water partition coefficient (Wildman–Crippen LogP) is 2.08. The number of carbonyl (C=O) groups is 1. The minimum absolute atomic E-state index is 0.0343. The van der Waals surface area contributed by atoms with E-state index in [1.807, 2.05) is 5.32 Å². The van der Waals surface area contributed by atoms with Crippen LogP contribution in [0.2, 0.25) is 0 Å². The van der Waals surface area contributed by atoms with Gasteiger partial charge >= 0.3 is 12.2 Å². The maximum atomic E-state index is 13.3. The van der Waals surface area contributed by atoms with Gasteiger partial charge in [0.15, 0.2) is 6.04 Å². The zero-order chi connectivity index (χ0) is 17.0. The van der Waals surface area contributed by atoms with Crippen molar-refractivity contribution in [1.29, 1.82) is 0 Å². The largest absolute Gasteiger partial charge is 0.412 e. The third kappa shape index (κ3) is 4.35. The smallest absolute Gasteiger partial charge is 0.394 e. The molecule has 1 aliphatic rings. The molecule has 0 saturated carbocycles. The summed E-state index contributed by atoms with van der Waals surface area (Å²) in [5, 5.41) is 11.1. The molecule has 1 fully saturated rings. The summed E-state index contributed by atoms with van der Waals surface area (Å²) < 4.78 is 45.1. The zero-order valence-corrected chi connectivity index (χ0v) is 12.6. The molecule has 1 aliphatic heterocycles. The summed E-state index contributed by atoms with van der Waals surface area (Å²) >= 11 is 0. The van der Waals surface area contributed by atoms with Crippen LogP contribution in [0.4, 0.5) is 18.0 Å². The molecule has 8 heteroatoms. The van der Waals surface area contributed by atoms with Crippen LogP contribution in [0.25, 0.3) is 0 Å². The summed E-state index contributed by atoms with van der Waals surface area (Å²) in [7, 11) is 0. The zero-order valence-electron chi connectivity index (χ0n) is 12.6. The Morgan fingerprint density at radius 2 is 2.09 bits per heavy atom. The number of nitrogens with zero attached hydrogens (tertiary/aromatic N) is 1. The molecule has 0 aromatic heterocycles. The molecule has 1 aromatic carbocycles. The summed E-state index contributed by atoms with van der Waals surface area (Å²) in [5.41, 5.74) is -0.0343. The van der Waals surface area contributed by atoms with Crippen molar-refractivity contribution in [2.75, 3.05) is 19.8 Å². The van der Waals surface area contributed by atoms with Crippen molar-refractivity contribution >= 4 is 6.03 Å². The van der Waals surface area contributed by atoms with Gasteiger partial charge in [0.05, 0.1) is 31.9 Å². The number of hydrogen-bond donors (Lipinski definition) is 2. The fraction of sp³-hybridized carbons (Fsp3) is 0.533. The Hall–Kier alpha value is -1.80. The molecule has 0 bridgehead atoms. The van der Waals surface area contributed by atoms with Gasteiger partial charge in [0.25, 0.3) is 0 Å².